The average Bonchev–Trinajstić information content (AvgIpc) is 2.23. The molecule has 0 aromatic carbocycles. The topological polar surface area (TPSA) is 35.2 Å². The van der Waals surface area contributed by atoms with Crippen molar-refractivity contribution < 1.29 is 4.74 Å². The third-order valence-electron chi connectivity index (χ3n) is 4.02. The van der Waals surface area contributed by atoms with Gasteiger partial charge in [0, 0.05) is 6.54 Å². The molecule has 1 spiro atoms. The molecule has 2 nitrogen and oxygen atoms in total. The van der Waals surface area contributed by atoms with Crippen LogP contribution in [0.1, 0.15) is 51.9 Å². The van der Waals surface area contributed by atoms with Crippen molar-refractivity contribution in [2.75, 3.05) is 6.54 Å². The van der Waals surface area contributed by atoms with Gasteiger partial charge in [0.1, 0.15) is 0 Å². The molecule has 1 atom stereocenters. The number of hydrogen-bond donors (Lipinski definition) is 1. The molecule has 1 aliphatic heterocycles. The summed E-state index contributed by atoms with van der Waals surface area (Å²) in [6, 6.07) is 0. The molecule has 1 aliphatic carbocycles. The highest BCUT2D eigenvalue weighted by Crippen LogP contribution is 2.41. The fourth-order valence-electron chi connectivity index (χ4n) is 2.95. The van der Waals surface area contributed by atoms with Gasteiger partial charge < -0.3 is 10.5 Å². The number of rotatable bonds is 1. The molecule has 1 saturated carbocycles. The van der Waals surface area contributed by atoms with Crippen molar-refractivity contribution in [3.05, 3.63) is 0 Å². The van der Waals surface area contributed by atoms with Crippen molar-refractivity contribution in [1.82, 2.24) is 0 Å². The maximum atomic E-state index is 6.19. The minimum absolute atomic E-state index is 0.231. The number of nitrogens with two attached hydrogens (primary N) is 1. The zero-order chi connectivity index (χ0) is 10.0. The summed E-state index contributed by atoms with van der Waals surface area (Å²) in [6.07, 6.45) is 9.33. The van der Waals surface area contributed by atoms with Crippen LogP contribution in [0, 0.1) is 5.92 Å². The van der Waals surface area contributed by atoms with Crippen molar-refractivity contribution in [3.8, 4) is 0 Å². The van der Waals surface area contributed by atoms with Crippen LogP contribution in [0.4, 0.5) is 0 Å². The van der Waals surface area contributed by atoms with Crippen LogP contribution in [0.25, 0.3) is 0 Å². The van der Waals surface area contributed by atoms with Crippen LogP contribution in [0.5, 0.6) is 0 Å². The smallest absolute Gasteiger partial charge is 0.0704 e. The average molecular weight is 197 g/mol. The van der Waals surface area contributed by atoms with Gasteiger partial charge in [-0.1, -0.05) is 6.92 Å². The molecule has 1 heterocycles. The molecular formula is C12H23NO. The molecule has 0 amide bonds. The van der Waals surface area contributed by atoms with Gasteiger partial charge in [-0.15, -0.1) is 0 Å². The second-order valence-corrected chi connectivity index (χ2v) is 5.23. The second kappa shape index (κ2) is 4.19. The molecule has 2 fully saturated rings. The number of hydrogen-bond acceptors (Lipinski definition) is 2. The van der Waals surface area contributed by atoms with E-state index in [2.05, 4.69) is 6.92 Å². The van der Waals surface area contributed by atoms with Crippen LogP contribution in [0.3, 0.4) is 0 Å². The summed E-state index contributed by atoms with van der Waals surface area (Å²) < 4.78 is 6.19. The van der Waals surface area contributed by atoms with Crippen molar-refractivity contribution >= 4 is 0 Å². The Bertz CT molecular complexity index is 185. The third kappa shape index (κ3) is 2.12. The fourth-order valence-corrected chi connectivity index (χ4v) is 2.95. The molecule has 2 heteroatoms. The SMILES string of the molecule is CC1CCC2(CCCC(CN)O2)CC1. The Labute approximate surface area is 87.2 Å². The van der Waals surface area contributed by atoms with Crippen molar-refractivity contribution in [3.63, 3.8) is 0 Å². The highest BCUT2D eigenvalue weighted by molar-refractivity contribution is 4.90. The first kappa shape index (κ1) is 10.4. The van der Waals surface area contributed by atoms with Gasteiger partial charge in [-0.2, -0.15) is 0 Å². The summed E-state index contributed by atoms with van der Waals surface area (Å²) in [7, 11) is 0. The highest BCUT2D eigenvalue weighted by Gasteiger charge is 2.39. The molecule has 0 aromatic heterocycles. The predicted molar refractivity (Wildman–Crippen MR) is 58.1 cm³/mol. The van der Waals surface area contributed by atoms with E-state index in [9.17, 15) is 0 Å². The van der Waals surface area contributed by atoms with E-state index in [0.717, 1.165) is 5.92 Å². The van der Waals surface area contributed by atoms with E-state index < -0.39 is 0 Å². The molecular weight excluding hydrogens is 174 g/mol. The Morgan fingerprint density at radius 1 is 1.21 bits per heavy atom. The third-order valence-corrected chi connectivity index (χ3v) is 4.02. The van der Waals surface area contributed by atoms with E-state index in [-0.39, 0.29) is 5.60 Å². The molecule has 2 N–H and O–H groups in total. The van der Waals surface area contributed by atoms with E-state index in [0.29, 0.717) is 12.6 Å². The maximum absolute atomic E-state index is 6.19. The normalized spacial score (nSPS) is 44.1. The van der Waals surface area contributed by atoms with Crippen molar-refractivity contribution in [2.45, 2.75) is 63.6 Å². The summed E-state index contributed by atoms with van der Waals surface area (Å²) in [5.74, 6) is 0.905. The zero-order valence-corrected chi connectivity index (χ0v) is 9.30. The van der Waals surface area contributed by atoms with Crippen LogP contribution >= 0.6 is 0 Å². The summed E-state index contributed by atoms with van der Waals surface area (Å²) in [5, 5.41) is 0. The van der Waals surface area contributed by atoms with Gasteiger partial charge in [-0.3, -0.25) is 0 Å². The molecule has 82 valence electrons. The Balaban J connectivity index is 1.94. The maximum Gasteiger partial charge on any atom is 0.0704 e. The van der Waals surface area contributed by atoms with E-state index in [1.165, 1.54) is 44.9 Å². The lowest BCUT2D eigenvalue weighted by Crippen LogP contribution is -2.45. The van der Waals surface area contributed by atoms with E-state index in [4.69, 9.17) is 10.5 Å². The summed E-state index contributed by atoms with van der Waals surface area (Å²) in [5.41, 5.74) is 5.93. The lowest BCUT2D eigenvalue weighted by atomic mass is 9.75. The zero-order valence-electron chi connectivity index (χ0n) is 9.30. The van der Waals surface area contributed by atoms with Gasteiger partial charge in [0.25, 0.3) is 0 Å². The lowest BCUT2D eigenvalue weighted by Gasteiger charge is -2.45. The molecule has 0 aromatic rings. The molecule has 1 saturated heterocycles. The molecule has 2 aliphatic rings. The van der Waals surface area contributed by atoms with Gasteiger partial charge in [0.15, 0.2) is 0 Å². The standard InChI is InChI=1S/C12H23NO/c1-10-4-7-12(8-5-10)6-2-3-11(9-13)14-12/h10-11H,2-9,13H2,1H3. The van der Waals surface area contributed by atoms with Gasteiger partial charge in [-0.25, -0.2) is 0 Å². The number of ether oxygens (including phenoxy) is 1. The minimum Gasteiger partial charge on any atom is -0.370 e. The van der Waals surface area contributed by atoms with Gasteiger partial charge in [0.2, 0.25) is 0 Å². The van der Waals surface area contributed by atoms with E-state index in [1.54, 1.807) is 0 Å². The van der Waals surface area contributed by atoms with Crippen LogP contribution in [0.2, 0.25) is 0 Å². The molecule has 0 bridgehead atoms. The predicted octanol–water partition coefficient (Wildman–Crippen LogP) is 2.46. The summed E-state index contributed by atoms with van der Waals surface area (Å²) in [6.45, 7) is 3.06. The van der Waals surface area contributed by atoms with Gasteiger partial charge in [0.05, 0.1) is 11.7 Å². The van der Waals surface area contributed by atoms with Crippen molar-refractivity contribution in [1.29, 1.82) is 0 Å². The lowest BCUT2D eigenvalue weighted by molar-refractivity contribution is -0.145. The first-order chi connectivity index (χ1) is 6.74. The largest absolute Gasteiger partial charge is 0.370 e. The molecule has 14 heavy (non-hydrogen) atoms. The summed E-state index contributed by atoms with van der Waals surface area (Å²) >= 11 is 0. The van der Waals surface area contributed by atoms with Crippen LogP contribution in [0.15, 0.2) is 0 Å². The van der Waals surface area contributed by atoms with Crippen molar-refractivity contribution in [2.24, 2.45) is 11.7 Å². The second-order valence-electron chi connectivity index (χ2n) is 5.23. The molecule has 0 radical (unpaired) electrons. The van der Waals surface area contributed by atoms with Gasteiger partial charge in [-0.05, 0) is 50.9 Å². The quantitative estimate of drug-likeness (QED) is 0.701. The fraction of sp³-hybridized carbons (Fsp3) is 1.00. The van der Waals surface area contributed by atoms with Crippen LogP contribution < -0.4 is 5.73 Å². The first-order valence-corrected chi connectivity index (χ1v) is 6.12. The first-order valence-electron chi connectivity index (χ1n) is 6.12. The van der Waals surface area contributed by atoms with Gasteiger partial charge >= 0.3 is 0 Å². The van der Waals surface area contributed by atoms with E-state index >= 15 is 0 Å². The molecule has 2 rings (SSSR count). The Morgan fingerprint density at radius 2 is 1.93 bits per heavy atom. The van der Waals surface area contributed by atoms with Crippen LogP contribution in [-0.4, -0.2) is 18.2 Å². The Morgan fingerprint density at radius 3 is 2.57 bits per heavy atom. The monoisotopic (exact) mass is 197 g/mol. The van der Waals surface area contributed by atoms with E-state index in [1.807, 2.05) is 0 Å². The highest BCUT2D eigenvalue weighted by atomic mass is 16.5. The summed E-state index contributed by atoms with van der Waals surface area (Å²) in [4.78, 5) is 0. The Kier molecular flexibility index (Phi) is 3.13. The molecule has 1 unspecified atom stereocenters. The minimum atomic E-state index is 0.231. The Hall–Kier alpha value is -0.0800. The van der Waals surface area contributed by atoms with Crippen LogP contribution in [-0.2, 0) is 4.74 Å².